The van der Waals surface area contributed by atoms with E-state index < -0.39 is 25.2 Å². The molecule has 2 aromatic rings. The molecule has 0 unspecified atom stereocenters. The number of benzene rings is 2. The maximum absolute atomic E-state index is 11.8. The molecule has 2 rings (SSSR count). The molecule has 0 heterocycles. The third-order valence-electron chi connectivity index (χ3n) is 3.80. The molecule has 0 aliphatic rings. The van der Waals surface area contributed by atoms with Crippen molar-refractivity contribution in [2.24, 2.45) is 0 Å². The molecular formula is C20H22F6O2Ti. The van der Waals surface area contributed by atoms with Gasteiger partial charge in [-0.15, -0.1) is 0 Å². The normalized spacial score (nSPS) is 11.2. The van der Waals surface area contributed by atoms with Crippen LogP contribution >= 0.6 is 0 Å². The summed E-state index contributed by atoms with van der Waals surface area (Å²) in [4.78, 5) is 0. The first-order chi connectivity index (χ1) is 13.0. The molecule has 9 heteroatoms. The van der Waals surface area contributed by atoms with Gasteiger partial charge in [-0.25, -0.2) is 0 Å². The predicted octanol–water partition coefficient (Wildman–Crippen LogP) is 6.55. The van der Waals surface area contributed by atoms with Gasteiger partial charge in [0.15, 0.2) is 0 Å². The number of rotatable bonds is 6. The molecule has 0 bridgehead atoms. The number of hydrogen-bond donors (Lipinski definition) is 2. The van der Waals surface area contributed by atoms with E-state index in [1.54, 1.807) is 36.4 Å². The summed E-state index contributed by atoms with van der Waals surface area (Å²) in [5.41, 5.74) is 1.13. The van der Waals surface area contributed by atoms with Crippen LogP contribution in [0.4, 0.5) is 26.3 Å². The first-order valence-corrected chi connectivity index (χ1v) is 8.65. The van der Waals surface area contributed by atoms with Crippen molar-refractivity contribution in [3.8, 4) is 11.5 Å². The van der Waals surface area contributed by atoms with Crippen LogP contribution in [0.25, 0.3) is 0 Å². The predicted molar refractivity (Wildman–Crippen MR) is 94.2 cm³/mol. The Morgan fingerprint density at radius 3 is 1.17 bits per heavy atom. The molecule has 0 saturated carbocycles. The minimum Gasteiger partial charge on any atom is -0.508 e. The number of phenolic OH excluding ortho intramolecular Hbond substituents is 2. The first kappa shape index (κ1) is 27.3. The molecule has 160 valence electrons. The van der Waals surface area contributed by atoms with Gasteiger partial charge in [0.25, 0.3) is 0 Å². The van der Waals surface area contributed by atoms with Gasteiger partial charge in [0.1, 0.15) is 11.5 Å². The topological polar surface area (TPSA) is 40.5 Å². The molecule has 0 aliphatic carbocycles. The first-order valence-electron chi connectivity index (χ1n) is 8.65. The van der Waals surface area contributed by atoms with E-state index in [1.807, 2.05) is 0 Å². The summed E-state index contributed by atoms with van der Waals surface area (Å²) in [5.74, 6) is 0.129. The fraction of sp³-hybridized carbons (Fsp3) is 0.400. The number of hydrogen-bond acceptors (Lipinski definition) is 2. The van der Waals surface area contributed by atoms with Gasteiger partial charge in [-0.2, -0.15) is 26.3 Å². The third-order valence-corrected chi connectivity index (χ3v) is 3.80. The summed E-state index contributed by atoms with van der Waals surface area (Å²) < 4.78 is 70.8. The number of halogens is 6. The van der Waals surface area contributed by atoms with Crippen molar-refractivity contribution >= 4 is 0 Å². The van der Waals surface area contributed by atoms with E-state index in [1.165, 1.54) is 12.1 Å². The number of para-hydroxylation sites is 2. The Kier molecular flexibility index (Phi) is 12.1. The smallest absolute Gasteiger partial charge is 0.389 e. The second-order valence-electron chi connectivity index (χ2n) is 6.19. The van der Waals surface area contributed by atoms with E-state index in [9.17, 15) is 36.6 Å². The summed E-state index contributed by atoms with van der Waals surface area (Å²) in [7, 11) is 0. The summed E-state index contributed by atoms with van der Waals surface area (Å²) in [6, 6.07) is 12.9. The van der Waals surface area contributed by atoms with E-state index in [0.29, 0.717) is 11.1 Å². The fourth-order valence-corrected chi connectivity index (χ4v) is 2.40. The van der Waals surface area contributed by atoms with Crippen molar-refractivity contribution in [2.45, 2.75) is 50.9 Å². The van der Waals surface area contributed by atoms with E-state index in [-0.39, 0.29) is 58.9 Å². The summed E-state index contributed by atoms with van der Waals surface area (Å²) >= 11 is 0. The molecule has 0 saturated heterocycles. The van der Waals surface area contributed by atoms with Gasteiger partial charge in [-0.1, -0.05) is 36.4 Å². The Balaban J connectivity index is 0.000000523. The number of alkyl halides is 6. The van der Waals surface area contributed by atoms with Gasteiger partial charge < -0.3 is 10.2 Å². The Hall–Kier alpha value is -1.67. The van der Waals surface area contributed by atoms with E-state index in [0.717, 1.165) is 0 Å². The van der Waals surface area contributed by atoms with Crippen LogP contribution < -0.4 is 0 Å². The Morgan fingerprint density at radius 2 is 0.897 bits per heavy atom. The molecule has 2 N–H and O–H groups in total. The van der Waals surface area contributed by atoms with Gasteiger partial charge in [0.05, 0.1) is 0 Å². The maximum atomic E-state index is 11.8. The molecule has 0 fully saturated rings. The van der Waals surface area contributed by atoms with Crippen LogP contribution in [0.5, 0.6) is 11.5 Å². The van der Waals surface area contributed by atoms with Crippen molar-refractivity contribution in [1.82, 2.24) is 0 Å². The van der Waals surface area contributed by atoms with Crippen LogP contribution in [0, 0.1) is 0 Å². The average molecular weight is 456 g/mol. The largest absolute Gasteiger partial charge is 0.508 e. The van der Waals surface area contributed by atoms with Crippen LogP contribution in [-0.4, -0.2) is 22.6 Å². The molecule has 0 amide bonds. The van der Waals surface area contributed by atoms with Gasteiger partial charge >= 0.3 is 12.4 Å². The quantitative estimate of drug-likeness (QED) is 0.382. The minimum atomic E-state index is -4.11. The van der Waals surface area contributed by atoms with Crippen LogP contribution in [0.15, 0.2) is 48.5 Å². The zero-order valence-electron chi connectivity index (χ0n) is 15.5. The SMILES string of the molecule is Oc1ccccc1CCCC(F)(F)F.Oc1ccccc1CCCC(F)(F)F.[Ti]. The van der Waals surface area contributed by atoms with Crippen LogP contribution in [0.1, 0.15) is 36.8 Å². The minimum absolute atomic E-state index is 0. The Bertz CT molecular complexity index is 655. The number of phenols is 2. The number of aromatic hydroxyl groups is 2. The Labute approximate surface area is 180 Å². The van der Waals surface area contributed by atoms with Gasteiger partial charge in [-0.05, 0) is 48.9 Å². The van der Waals surface area contributed by atoms with Crippen LogP contribution in [-0.2, 0) is 34.6 Å². The third kappa shape index (κ3) is 13.2. The molecule has 0 aromatic heterocycles. The fourth-order valence-electron chi connectivity index (χ4n) is 2.40. The van der Waals surface area contributed by atoms with E-state index >= 15 is 0 Å². The molecule has 0 spiro atoms. The maximum Gasteiger partial charge on any atom is 0.389 e. The Morgan fingerprint density at radius 1 is 0.586 bits per heavy atom. The van der Waals surface area contributed by atoms with Crippen molar-refractivity contribution in [3.05, 3.63) is 59.7 Å². The van der Waals surface area contributed by atoms with Crippen molar-refractivity contribution in [1.29, 1.82) is 0 Å². The van der Waals surface area contributed by atoms with Crippen LogP contribution in [0.3, 0.4) is 0 Å². The monoisotopic (exact) mass is 456 g/mol. The summed E-state index contributed by atoms with van der Waals surface area (Å²) in [5, 5.41) is 18.5. The molecule has 2 aromatic carbocycles. The second-order valence-corrected chi connectivity index (χ2v) is 6.19. The molecule has 0 aliphatic heterocycles. The zero-order valence-corrected chi connectivity index (χ0v) is 17.1. The summed E-state index contributed by atoms with van der Waals surface area (Å²) in [6.45, 7) is 0. The van der Waals surface area contributed by atoms with Gasteiger partial charge in [0.2, 0.25) is 0 Å². The number of aryl methyl sites for hydroxylation is 2. The molecular weight excluding hydrogens is 434 g/mol. The van der Waals surface area contributed by atoms with E-state index in [2.05, 4.69) is 0 Å². The molecule has 0 atom stereocenters. The van der Waals surface area contributed by atoms with Crippen molar-refractivity contribution in [3.63, 3.8) is 0 Å². The average Bonchev–Trinajstić information content (AvgIpc) is 2.57. The molecule has 0 radical (unpaired) electrons. The standard InChI is InChI=1S/2C10H11F3O.Ti/c2*11-10(12,13)7-3-5-8-4-1-2-6-9(8)14;/h2*1-2,4,6,14H,3,5,7H2;. The summed E-state index contributed by atoms with van der Waals surface area (Å²) in [6.07, 6.45) is -9.28. The van der Waals surface area contributed by atoms with Gasteiger partial charge in [0, 0.05) is 34.6 Å². The van der Waals surface area contributed by atoms with Crippen molar-refractivity contribution < 1.29 is 58.3 Å². The molecule has 2 nitrogen and oxygen atoms in total. The van der Waals surface area contributed by atoms with Crippen LogP contribution in [0.2, 0.25) is 0 Å². The molecule has 29 heavy (non-hydrogen) atoms. The van der Waals surface area contributed by atoms with E-state index in [4.69, 9.17) is 0 Å². The van der Waals surface area contributed by atoms with Crippen molar-refractivity contribution in [2.75, 3.05) is 0 Å². The zero-order chi connectivity index (χ0) is 21.2. The second kappa shape index (κ2) is 12.8. The van der Waals surface area contributed by atoms with Gasteiger partial charge in [-0.3, -0.25) is 0 Å².